The summed E-state index contributed by atoms with van der Waals surface area (Å²) in [4.78, 5) is 29.9. The number of methoxy groups -OCH3 is 1. The molecular weight excluding hydrogens is 483 g/mol. The Balaban J connectivity index is 1.58. The number of halogens is 1. The van der Waals surface area contributed by atoms with Crippen molar-refractivity contribution in [3.63, 3.8) is 0 Å². The highest BCUT2D eigenvalue weighted by atomic mass is 32.2. The van der Waals surface area contributed by atoms with Gasteiger partial charge in [-0.3, -0.25) is 18.7 Å². The number of benzene rings is 2. The molecule has 170 valence electrons. The number of hydrogen-bond acceptors (Lipinski definition) is 7. The quantitative estimate of drug-likeness (QED) is 0.233. The summed E-state index contributed by atoms with van der Waals surface area (Å²) < 4.78 is 22.4. The maximum atomic E-state index is 13.0. The van der Waals surface area contributed by atoms with E-state index in [1.807, 2.05) is 24.3 Å². The van der Waals surface area contributed by atoms with Crippen LogP contribution >= 0.6 is 35.3 Å². The lowest BCUT2D eigenvalue weighted by Crippen LogP contribution is -2.25. The van der Waals surface area contributed by atoms with Crippen molar-refractivity contribution in [1.29, 1.82) is 0 Å². The number of thioether (sulfide) groups is 1. The SMILES string of the molecule is COc1cccc(-n2c(=S)sc3c(=O)n(C)c(SCC(=O)NCc4ccc(F)cc4)nc32)c1. The minimum atomic E-state index is -0.329. The van der Waals surface area contributed by atoms with Crippen molar-refractivity contribution in [3.8, 4) is 11.4 Å². The van der Waals surface area contributed by atoms with E-state index in [2.05, 4.69) is 10.3 Å². The smallest absolute Gasteiger partial charge is 0.273 e. The predicted octanol–water partition coefficient (Wildman–Crippen LogP) is 4.07. The molecule has 0 aliphatic rings. The molecule has 0 saturated heterocycles. The summed E-state index contributed by atoms with van der Waals surface area (Å²) in [6, 6.07) is 13.2. The molecule has 11 heteroatoms. The van der Waals surface area contributed by atoms with Gasteiger partial charge in [0.1, 0.15) is 16.3 Å². The first-order chi connectivity index (χ1) is 15.9. The molecule has 0 bridgehead atoms. The van der Waals surface area contributed by atoms with Crippen LogP contribution in [0.5, 0.6) is 5.75 Å². The Morgan fingerprint density at radius 1 is 1.27 bits per heavy atom. The van der Waals surface area contributed by atoms with Gasteiger partial charge in [-0.15, -0.1) is 0 Å². The standard InChI is InChI=1S/C22H19FN4O3S3/c1-26-20(29)18-19(27(22(31)33-18)15-4-3-5-16(10-15)30-2)25-21(26)32-12-17(28)24-11-13-6-8-14(23)9-7-13/h3-10H,11-12H2,1-2H3,(H,24,28). The van der Waals surface area contributed by atoms with Crippen LogP contribution in [0, 0.1) is 9.77 Å². The molecule has 0 radical (unpaired) electrons. The zero-order valence-electron chi connectivity index (χ0n) is 17.7. The van der Waals surface area contributed by atoms with Crippen LogP contribution in [0.25, 0.3) is 16.0 Å². The zero-order chi connectivity index (χ0) is 23.5. The summed E-state index contributed by atoms with van der Waals surface area (Å²) in [5, 5.41) is 3.18. The summed E-state index contributed by atoms with van der Waals surface area (Å²) in [6.07, 6.45) is 0. The molecule has 4 aromatic rings. The molecule has 0 aliphatic heterocycles. The molecule has 1 N–H and O–H groups in total. The first-order valence-corrected chi connectivity index (χ1v) is 12.0. The Labute approximate surface area is 201 Å². The number of hydrogen-bond donors (Lipinski definition) is 1. The largest absolute Gasteiger partial charge is 0.497 e. The van der Waals surface area contributed by atoms with Crippen molar-refractivity contribution >= 4 is 51.6 Å². The van der Waals surface area contributed by atoms with Gasteiger partial charge in [0.25, 0.3) is 5.56 Å². The van der Waals surface area contributed by atoms with Gasteiger partial charge in [0.2, 0.25) is 5.91 Å². The first-order valence-electron chi connectivity index (χ1n) is 9.78. The third kappa shape index (κ3) is 5.00. The van der Waals surface area contributed by atoms with Crippen molar-refractivity contribution in [2.75, 3.05) is 12.9 Å². The number of ether oxygens (including phenoxy) is 1. The van der Waals surface area contributed by atoms with Crippen molar-refractivity contribution in [2.45, 2.75) is 11.7 Å². The van der Waals surface area contributed by atoms with Gasteiger partial charge in [-0.1, -0.05) is 41.3 Å². The molecule has 0 unspecified atom stereocenters. The Bertz CT molecular complexity index is 1440. The highest BCUT2D eigenvalue weighted by Crippen LogP contribution is 2.27. The Hall–Kier alpha value is -3.02. The van der Waals surface area contributed by atoms with Crippen LogP contribution in [0.15, 0.2) is 58.5 Å². The third-order valence-corrected chi connectivity index (χ3v) is 7.20. The Morgan fingerprint density at radius 2 is 2.03 bits per heavy atom. The second kappa shape index (κ2) is 9.86. The molecule has 2 aromatic carbocycles. The third-order valence-electron chi connectivity index (χ3n) is 4.82. The molecule has 0 fully saturated rings. The lowest BCUT2D eigenvalue weighted by Gasteiger charge is -2.10. The van der Waals surface area contributed by atoms with Gasteiger partial charge in [-0.05, 0) is 42.0 Å². The molecule has 0 saturated carbocycles. The molecule has 1 amide bonds. The second-order valence-electron chi connectivity index (χ2n) is 7.01. The minimum absolute atomic E-state index is 0.0665. The highest BCUT2D eigenvalue weighted by molar-refractivity contribution is 7.99. The Kier molecular flexibility index (Phi) is 6.91. The van der Waals surface area contributed by atoms with E-state index in [4.69, 9.17) is 17.0 Å². The zero-order valence-corrected chi connectivity index (χ0v) is 20.2. The van der Waals surface area contributed by atoms with Gasteiger partial charge in [0.05, 0.1) is 18.6 Å². The number of aromatic nitrogens is 3. The van der Waals surface area contributed by atoms with Gasteiger partial charge >= 0.3 is 0 Å². The fourth-order valence-corrected chi connectivity index (χ4v) is 5.24. The average Bonchev–Trinajstić information content (AvgIpc) is 3.16. The molecule has 2 aromatic heterocycles. The van der Waals surface area contributed by atoms with Gasteiger partial charge in [0.15, 0.2) is 14.8 Å². The van der Waals surface area contributed by atoms with Crippen LogP contribution in [0.3, 0.4) is 0 Å². The maximum absolute atomic E-state index is 13.0. The molecule has 4 rings (SSSR count). The number of nitrogens with one attached hydrogen (secondary N) is 1. The molecular formula is C22H19FN4O3S3. The number of carbonyl (C=O) groups is 1. The Morgan fingerprint density at radius 3 is 2.76 bits per heavy atom. The maximum Gasteiger partial charge on any atom is 0.273 e. The molecule has 0 aliphatic carbocycles. The van der Waals surface area contributed by atoms with Gasteiger partial charge in [-0.25, -0.2) is 9.37 Å². The van der Waals surface area contributed by atoms with E-state index in [1.54, 1.807) is 30.9 Å². The highest BCUT2D eigenvalue weighted by Gasteiger charge is 2.17. The lowest BCUT2D eigenvalue weighted by molar-refractivity contribution is -0.118. The average molecular weight is 503 g/mol. The number of rotatable bonds is 7. The van der Waals surface area contributed by atoms with Crippen molar-refractivity contribution in [2.24, 2.45) is 7.05 Å². The van der Waals surface area contributed by atoms with E-state index >= 15 is 0 Å². The molecule has 33 heavy (non-hydrogen) atoms. The molecule has 0 spiro atoms. The monoisotopic (exact) mass is 502 g/mol. The van der Waals surface area contributed by atoms with E-state index < -0.39 is 0 Å². The van der Waals surface area contributed by atoms with E-state index in [-0.39, 0.29) is 29.6 Å². The molecule has 0 atom stereocenters. The second-order valence-corrected chi connectivity index (χ2v) is 9.59. The van der Waals surface area contributed by atoms with Crippen LogP contribution in [-0.4, -0.2) is 32.9 Å². The van der Waals surface area contributed by atoms with E-state index in [0.29, 0.717) is 25.2 Å². The number of fused-ring (bicyclic) bond motifs is 1. The van der Waals surface area contributed by atoms with Crippen molar-refractivity contribution < 1.29 is 13.9 Å². The summed E-state index contributed by atoms with van der Waals surface area (Å²) in [5.41, 5.74) is 1.74. The molecule has 2 heterocycles. The van der Waals surface area contributed by atoms with E-state index in [1.165, 1.54) is 28.0 Å². The van der Waals surface area contributed by atoms with Crippen LogP contribution in [0.1, 0.15) is 5.56 Å². The van der Waals surface area contributed by atoms with Crippen LogP contribution in [0.4, 0.5) is 4.39 Å². The summed E-state index contributed by atoms with van der Waals surface area (Å²) in [7, 11) is 3.19. The lowest BCUT2D eigenvalue weighted by atomic mass is 10.2. The normalized spacial score (nSPS) is 11.0. The number of nitrogens with zero attached hydrogens (tertiary/aromatic N) is 3. The number of thiazole rings is 1. The van der Waals surface area contributed by atoms with Crippen molar-refractivity contribution in [1.82, 2.24) is 19.4 Å². The van der Waals surface area contributed by atoms with E-state index in [0.717, 1.165) is 23.0 Å². The van der Waals surface area contributed by atoms with Gasteiger partial charge < -0.3 is 10.1 Å². The van der Waals surface area contributed by atoms with Crippen LogP contribution < -0.4 is 15.6 Å². The van der Waals surface area contributed by atoms with E-state index in [9.17, 15) is 14.0 Å². The summed E-state index contributed by atoms with van der Waals surface area (Å²) >= 11 is 7.86. The number of carbonyl (C=O) groups excluding carboxylic acids is 1. The van der Waals surface area contributed by atoms with Crippen LogP contribution in [-0.2, 0) is 18.4 Å². The van der Waals surface area contributed by atoms with Crippen LogP contribution in [0.2, 0.25) is 0 Å². The fourth-order valence-electron chi connectivity index (χ4n) is 3.10. The minimum Gasteiger partial charge on any atom is -0.497 e. The first kappa shape index (κ1) is 23.1. The predicted molar refractivity (Wildman–Crippen MR) is 131 cm³/mol. The van der Waals surface area contributed by atoms with Crippen molar-refractivity contribution in [3.05, 3.63) is 74.2 Å². The van der Waals surface area contributed by atoms with Gasteiger partial charge in [0, 0.05) is 19.7 Å². The summed E-state index contributed by atoms with van der Waals surface area (Å²) in [6.45, 7) is 0.282. The fraction of sp³-hybridized carbons (Fsp3) is 0.182. The number of amides is 1. The molecule has 7 nitrogen and oxygen atoms in total. The summed E-state index contributed by atoms with van der Waals surface area (Å²) in [5.74, 6) is 0.167. The topological polar surface area (TPSA) is 78.1 Å². The van der Waals surface area contributed by atoms with Gasteiger partial charge in [-0.2, -0.15) is 0 Å².